The first-order valence-electron chi connectivity index (χ1n) is 7.53. The van der Waals surface area contributed by atoms with Crippen molar-refractivity contribution in [1.29, 1.82) is 0 Å². The maximum absolute atomic E-state index is 5.98. The lowest BCUT2D eigenvalue weighted by atomic mass is 10.1. The smallest absolute Gasteiger partial charge is 0.127 e. The average molecular weight is 283 g/mol. The molecule has 21 heavy (non-hydrogen) atoms. The lowest BCUT2D eigenvalue weighted by Gasteiger charge is -2.13. The predicted octanol–water partition coefficient (Wildman–Crippen LogP) is 4.90. The topological polar surface area (TPSA) is 21.3 Å². The number of aryl methyl sites for hydroxylation is 3. The summed E-state index contributed by atoms with van der Waals surface area (Å²) >= 11 is 0. The number of nitrogens with one attached hydrogen (secondary N) is 1. The number of ether oxygens (including phenoxy) is 1. The minimum absolute atomic E-state index is 0.496. The highest BCUT2D eigenvalue weighted by Crippen LogP contribution is 2.25. The Kier molecular flexibility index (Phi) is 5.03. The fourth-order valence-electron chi connectivity index (χ4n) is 2.37. The summed E-state index contributed by atoms with van der Waals surface area (Å²) in [5.74, 6) is 1.80. The third-order valence-electron chi connectivity index (χ3n) is 3.45. The van der Waals surface area contributed by atoms with Crippen LogP contribution in [0.3, 0.4) is 0 Å². The van der Waals surface area contributed by atoms with Gasteiger partial charge in [0.2, 0.25) is 0 Å². The lowest BCUT2D eigenvalue weighted by Crippen LogP contribution is -2.22. The minimum atomic E-state index is 0.496. The highest BCUT2D eigenvalue weighted by atomic mass is 16.5. The van der Waals surface area contributed by atoms with Crippen molar-refractivity contribution in [1.82, 2.24) is 5.32 Å². The molecular weight excluding hydrogens is 258 g/mol. The second-order valence-electron chi connectivity index (χ2n) is 6.05. The zero-order valence-corrected chi connectivity index (χ0v) is 13.7. The van der Waals surface area contributed by atoms with Crippen LogP contribution in [0.25, 0.3) is 0 Å². The first-order chi connectivity index (χ1) is 9.94. The third-order valence-corrected chi connectivity index (χ3v) is 3.45. The van der Waals surface area contributed by atoms with E-state index < -0.39 is 0 Å². The molecule has 0 aromatic heterocycles. The number of benzene rings is 2. The summed E-state index contributed by atoms with van der Waals surface area (Å²) in [6.45, 7) is 11.5. The Bertz CT molecular complexity index is 597. The molecule has 2 nitrogen and oxygen atoms in total. The summed E-state index contributed by atoms with van der Waals surface area (Å²) in [6, 6.07) is 13.1. The molecule has 2 aromatic rings. The Morgan fingerprint density at radius 2 is 1.57 bits per heavy atom. The Balaban J connectivity index is 2.12. The molecule has 0 saturated carbocycles. The summed E-state index contributed by atoms with van der Waals surface area (Å²) in [7, 11) is 0. The molecule has 0 aliphatic rings. The van der Waals surface area contributed by atoms with E-state index in [-0.39, 0.29) is 0 Å². The van der Waals surface area contributed by atoms with Crippen molar-refractivity contribution < 1.29 is 4.74 Å². The summed E-state index contributed by atoms with van der Waals surface area (Å²) < 4.78 is 5.98. The van der Waals surface area contributed by atoms with Crippen LogP contribution in [0.15, 0.2) is 36.4 Å². The zero-order chi connectivity index (χ0) is 15.4. The second-order valence-corrected chi connectivity index (χ2v) is 6.05. The van der Waals surface area contributed by atoms with E-state index in [4.69, 9.17) is 4.74 Å². The van der Waals surface area contributed by atoms with Gasteiger partial charge < -0.3 is 10.1 Å². The van der Waals surface area contributed by atoms with Crippen LogP contribution in [0.1, 0.15) is 36.1 Å². The van der Waals surface area contributed by atoms with E-state index in [1.165, 1.54) is 22.3 Å². The summed E-state index contributed by atoms with van der Waals surface area (Å²) in [6.07, 6.45) is 0. The SMILES string of the molecule is Cc1cc(C)cc(Oc2ccc(CNC(C)C)c(C)c2)c1. The standard InChI is InChI=1S/C19H25NO/c1-13(2)20-12-17-6-7-18(11-16(17)5)21-19-9-14(3)8-15(4)10-19/h6-11,13,20H,12H2,1-5H3. The first-order valence-corrected chi connectivity index (χ1v) is 7.53. The van der Waals surface area contributed by atoms with Gasteiger partial charge in [0, 0.05) is 12.6 Å². The van der Waals surface area contributed by atoms with E-state index in [1.807, 2.05) is 6.07 Å². The maximum Gasteiger partial charge on any atom is 0.127 e. The van der Waals surface area contributed by atoms with E-state index >= 15 is 0 Å². The van der Waals surface area contributed by atoms with Crippen LogP contribution >= 0.6 is 0 Å². The van der Waals surface area contributed by atoms with Gasteiger partial charge in [0.05, 0.1) is 0 Å². The Morgan fingerprint density at radius 1 is 0.905 bits per heavy atom. The molecule has 0 radical (unpaired) electrons. The van der Waals surface area contributed by atoms with Crippen LogP contribution in [0.2, 0.25) is 0 Å². The van der Waals surface area contributed by atoms with Crippen LogP contribution in [-0.4, -0.2) is 6.04 Å². The Morgan fingerprint density at radius 3 is 2.14 bits per heavy atom. The number of hydrogen-bond donors (Lipinski definition) is 1. The van der Waals surface area contributed by atoms with Gasteiger partial charge in [-0.2, -0.15) is 0 Å². The molecule has 0 fully saturated rings. The van der Waals surface area contributed by atoms with Gasteiger partial charge in [0.1, 0.15) is 11.5 Å². The van der Waals surface area contributed by atoms with Crippen molar-refractivity contribution in [3.63, 3.8) is 0 Å². The van der Waals surface area contributed by atoms with E-state index in [0.717, 1.165) is 18.0 Å². The number of hydrogen-bond acceptors (Lipinski definition) is 2. The van der Waals surface area contributed by atoms with E-state index in [1.54, 1.807) is 0 Å². The number of rotatable bonds is 5. The summed E-state index contributed by atoms with van der Waals surface area (Å²) in [4.78, 5) is 0. The van der Waals surface area contributed by atoms with Crippen molar-refractivity contribution in [3.05, 3.63) is 58.7 Å². The predicted molar refractivity (Wildman–Crippen MR) is 89.1 cm³/mol. The largest absolute Gasteiger partial charge is 0.457 e. The molecule has 2 heteroatoms. The van der Waals surface area contributed by atoms with E-state index in [2.05, 4.69) is 70.3 Å². The first kappa shape index (κ1) is 15.6. The van der Waals surface area contributed by atoms with Crippen LogP contribution in [-0.2, 0) is 6.54 Å². The molecule has 2 aromatic carbocycles. The van der Waals surface area contributed by atoms with Gasteiger partial charge in [0.15, 0.2) is 0 Å². The third kappa shape index (κ3) is 4.61. The Labute approximate surface area is 128 Å². The molecule has 0 bridgehead atoms. The molecule has 1 N–H and O–H groups in total. The molecule has 0 heterocycles. The van der Waals surface area contributed by atoms with Crippen molar-refractivity contribution >= 4 is 0 Å². The van der Waals surface area contributed by atoms with Gasteiger partial charge >= 0.3 is 0 Å². The fourth-order valence-corrected chi connectivity index (χ4v) is 2.37. The van der Waals surface area contributed by atoms with Crippen LogP contribution < -0.4 is 10.1 Å². The molecular formula is C19H25NO. The van der Waals surface area contributed by atoms with Gasteiger partial charge in [0.25, 0.3) is 0 Å². The van der Waals surface area contributed by atoms with Gasteiger partial charge in [-0.05, 0) is 67.3 Å². The molecule has 0 spiro atoms. The lowest BCUT2D eigenvalue weighted by molar-refractivity contribution is 0.481. The molecule has 0 amide bonds. The molecule has 112 valence electrons. The summed E-state index contributed by atoms with van der Waals surface area (Å²) in [5, 5.41) is 3.45. The van der Waals surface area contributed by atoms with Crippen molar-refractivity contribution in [2.45, 2.75) is 47.2 Å². The normalized spacial score (nSPS) is 11.0. The molecule has 2 rings (SSSR count). The van der Waals surface area contributed by atoms with Crippen molar-refractivity contribution in [2.75, 3.05) is 0 Å². The minimum Gasteiger partial charge on any atom is -0.457 e. The molecule has 0 aliphatic carbocycles. The van der Waals surface area contributed by atoms with E-state index in [9.17, 15) is 0 Å². The molecule has 0 aliphatic heterocycles. The highest BCUT2D eigenvalue weighted by Gasteiger charge is 2.04. The monoisotopic (exact) mass is 283 g/mol. The highest BCUT2D eigenvalue weighted by molar-refractivity contribution is 5.40. The van der Waals surface area contributed by atoms with Gasteiger partial charge in [-0.1, -0.05) is 26.0 Å². The van der Waals surface area contributed by atoms with Gasteiger partial charge in [-0.25, -0.2) is 0 Å². The quantitative estimate of drug-likeness (QED) is 0.842. The zero-order valence-electron chi connectivity index (χ0n) is 13.7. The molecule has 0 unspecified atom stereocenters. The van der Waals surface area contributed by atoms with Gasteiger partial charge in [-0.3, -0.25) is 0 Å². The Hall–Kier alpha value is -1.80. The second kappa shape index (κ2) is 6.77. The van der Waals surface area contributed by atoms with E-state index in [0.29, 0.717) is 6.04 Å². The van der Waals surface area contributed by atoms with Gasteiger partial charge in [-0.15, -0.1) is 0 Å². The van der Waals surface area contributed by atoms with Crippen LogP contribution in [0, 0.1) is 20.8 Å². The molecule has 0 saturated heterocycles. The van der Waals surface area contributed by atoms with Crippen molar-refractivity contribution in [3.8, 4) is 11.5 Å². The van der Waals surface area contributed by atoms with Crippen LogP contribution in [0.4, 0.5) is 0 Å². The molecule has 0 atom stereocenters. The fraction of sp³-hybridized carbons (Fsp3) is 0.368. The van der Waals surface area contributed by atoms with Crippen molar-refractivity contribution in [2.24, 2.45) is 0 Å². The maximum atomic E-state index is 5.98. The summed E-state index contributed by atoms with van der Waals surface area (Å²) in [5.41, 5.74) is 5.01. The average Bonchev–Trinajstić information content (AvgIpc) is 2.36. The van der Waals surface area contributed by atoms with Crippen LogP contribution in [0.5, 0.6) is 11.5 Å².